The van der Waals surface area contributed by atoms with Crippen molar-refractivity contribution in [2.24, 2.45) is 0 Å². The summed E-state index contributed by atoms with van der Waals surface area (Å²) < 4.78 is 1.01. The Balaban J connectivity index is 3.21. The fourth-order valence-corrected chi connectivity index (χ4v) is 2.66. The molecule has 0 fully saturated rings. The van der Waals surface area contributed by atoms with Crippen LogP contribution in [0.25, 0.3) is 0 Å². The molecule has 1 aromatic rings. The van der Waals surface area contributed by atoms with E-state index in [2.05, 4.69) is 22.0 Å². The van der Waals surface area contributed by atoms with Gasteiger partial charge in [-0.1, -0.05) is 15.9 Å². The number of halogens is 1. The number of Topliss-reactive ketones (excluding diaryl/α,β-unsaturated/α-hetero) is 1. The molecule has 0 aliphatic heterocycles. The van der Waals surface area contributed by atoms with E-state index >= 15 is 0 Å². The first-order valence-corrected chi connectivity index (χ1v) is 5.90. The summed E-state index contributed by atoms with van der Waals surface area (Å²) in [7, 11) is 0. The molecule has 1 rings (SSSR count). The minimum Gasteiger partial charge on any atom is -0.300 e. The maximum absolute atomic E-state index is 11.1. The first-order chi connectivity index (χ1) is 7.45. The molecular weight excluding hydrogens is 266 g/mol. The average Bonchev–Trinajstić information content (AvgIpc) is 2.13. The molecule has 1 atom stereocenters. The summed E-state index contributed by atoms with van der Waals surface area (Å²) in [6.45, 7) is 5.46. The van der Waals surface area contributed by atoms with Gasteiger partial charge in [0.05, 0.1) is 12.0 Å². The van der Waals surface area contributed by atoms with Crippen LogP contribution in [-0.4, -0.2) is 5.78 Å². The molecule has 1 unspecified atom stereocenters. The fourth-order valence-electron chi connectivity index (χ4n) is 1.97. The second kappa shape index (κ2) is 5.27. The summed E-state index contributed by atoms with van der Waals surface area (Å²) >= 11 is 3.42. The number of benzene rings is 1. The number of aryl methyl sites for hydroxylation is 2. The SMILES string of the molecule is CC(=O)CC(C#N)c1c(C)cc(Br)cc1C. The van der Waals surface area contributed by atoms with Gasteiger partial charge in [0.2, 0.25) is 0 Å². The Kier molecular flexibility index (Phi) is 4.26. The van der Waals surface area contributed by atoms with Crippen molar-refractivity contribution in [1.29, 1.82) is 5.26 Å². The van der Waals surface area contributed by atoms with Crippen LogP contribution < -0.4 is 0 Å². The smallest absolute Gasteiger partial charge is 0.131 e. The molecule has 2 nitrogen and oxygen atoms in total. The van der Waals surface area contributed by atoms with E-state index in [0.29, 0.717) is 6.42 Å². The molecule has 0 saturated carbocycles. The molecule has 0 amide bonds. The van der Waals surface area contributed by atoms with E-state index in [1.807, 2.05) is 26.0 Å². The molecule has 0 aliphatic rings. The maximum atomic E-state index is 11.1. The Labute approximate surface area is 104 Å². The van der Waals surface area contributed by atoms with E-state index < -0.39 is 0 Å². The number of carbonyl (C=O) groups excluding carboxylic acids is 1. The van der Waals surface area contributed by atoms with Crippen LogP contribution in [0.1, 0.15) is 36.0 Å². The standard InChI is InChI=1S/C13H14BrNO/c1-8-4-12(14)5-9(2)13(8)11(7-15)6-10(3)16/h4-5,11H,6H2,1-3H3. The molecule has 0 heterocycles. The summed E-state index contributed by atoms with van der Waals surface area (Å²) in [5.74, 6) is -0.279. The number of ketones is 1. The number of hydrogen-bond acceptors (Lipinski definition) is 2. The van der Waals surface area contributed by atoms with Gasteiger partial charge in [-0.25, -0.2) is 0 Å². The summed E-state index contributed by atoms with van der Waals surface area (Å²) in [6, 6.07) is 6.17. The lowest BCUT2D eigenvalue weighted by atomic mass is 9.88. The van der Waals surface area contributed by atoms with Crippen LogP contribution in [0.15, 0.2) is 16.6 Å². The lowest BCUT2D eigenvalue weighted by molar-refractivity contribution is -0.117. The lowest BCUT2D eigenvalue weighted by Gasteiger charge is -2.14. The minimum absolute atomic E-state index is 0.0493. The van der Waals surface area contributed by atoms with E-state index in [0.717, 1.165) is 21.2 Å². The predicted molar refractivity (Wildman–Crippen MR) is 67.3 cm³/mol. The third kappa shape index (κ3) is 2.93. The van der Waals surface area contributed by atoms with E-state index in [-0.39, 0.29) is 11.7 Å². The van der Waals surface area contributed by atoms with Crippen molar-refractivity contribution < 1.29 is 4.79 Å². The van der Waals surface area contributed by atoms with Crippen LogP contribution in [0.5, 0.6) is 0 Å². The molecule has 0 bridgehead atoms. The topological polar surface area (TPSA) is 40.9 Å². The monoisotopic (exact) mass is 279 g/mol. The van der Waals surface area contributed by atoms with E-state index in [1.165, 1.54) is 6.92 Å². The Morgan fingerprint density at radius 3 is 2.31 bits per heavy atom. The average molecular weight is 280 g/mol. The third-order valence-corrected chi connectivity index (χ3v) is 3.01. The maximum Gasteiger partial charge on any atom is 0.131 e. The van der Waals surface area contributed by atoms with Gasteiger partial charge in [-0.3, -0.25) is 4.79 Å². The summed E-state index contributed by atoms with van der Waals surface area (Å²) in [4.78, 5) is 11.1. The summed E-state index contributed by atoms with van der Waals surface area (Å²) in [6.07, 6.45) is 0.291. The van der Waals surface area contributed by atoms with Gasteiger partial charge < -0.3 is 0 Å². The van der Waals surface area contributed by atoms with Crippen LogP contribution in [0, 0.1) is 25.2 Å². The Morgan fingerprint density at radius 1 is 1.44 bits per heavy atom. The second-order valence-electron chi connectivity index (χ2n) is 4.04. The highest BCUT2D eigenvalue weighted by Gasteiger charge is 2.17. The molecule has 16 heavy (non-hydrogen) atoms. The zero-order valence-corrected chi connectivity index (χ0v) is 11.3. The quantitative estimate of drug-likeness (QED) is 0.847. The zero-order valence-electron chi connectivity index (χ0n) is 9.67. The summed E-state index contributed by atoms with van der Waals surface area (Å²) in [5.41, 5.74) is 3.10. The Hall–Kier alpha value is -1.14. The van der Waals surface area contributed by atoms with Crippen molar-refractivity contribution in [3.63, 3.8) is 0 Å². The van der Waals surface area contributed by atoms with Gasteiger partial charge in [-0.15, -0.1) is 0 Å². The van der Waals surface area contributed by atoms with Gasteiger partial charge in [0.1, 0.15) is 5.78 Å². The van der Waals surface area contributed by atoms with Gasteiger partial charge in [-0.2, -0.15) is 5.26 Å². The highest BCUT2D eigenvalue weighted by Crippen LogP contribution is 2.29. The third-order valence-electron chi connectivity index (χ3n) is 2.55. The van der Waals surface area contributed by atoms with Gasteiger partial charge in [0.25, 0.3) is 0 Å². The van der Waals surface area contributed by atoms with Crippen LogP contribution in [0.2, 0.25) is 0 Å². The number of rotatable bonds is 3. The highest BCUT2D eigenvalue weighted by atomic mass is 79.9. The van der Waals surface area contributed by atoms with Crippen molar-refractivity contribution in [3.8, 4) is 6.07 Å². The van der Waals surface area contributed by atoms with Gasteiger partial charge in [0.15, 0.2) is 0 Å². The number of nitrogens with zero attached hydrogens (tertiary/aromatic N) is 1. The van der Waals surface area contributed by atoms with Crippen molar-refractivity contribution >= 4 is 21.7 Å². The minimum atomic E-state index is -0.328. The molecule has 0 spiro atoms. The Morgan fingerprint density at radius 2 is 1.94 bits per heavy atom. The van der Waals surface area contributed by atoms with E-state index in [1.54, 1.807) is 0 Å². The first kappa shape index (κ1) is 12.9. The largest absolute Gasteiger partial charge is 0.300 e. The van der Waals surface area contributed by atoms with Crippen molar-refractivity contribution in [2.45, 2.75) is 33.1 Å². The molecule has 0 aromatic heterocycles. The zero-order chi connectivity index (χ0) is 12.3. The molecular formula is C13H14BrNO. The van der Waals surface area contributed by atoms with Gasteiger partial charge >= 0.3 is 0 Å². The fraction of sp³-hybridized carbons (Fsp3) is 0.385. The lowest BCUT2D eigenvalue weighted by Crippen LogP contribution is -2.06. The second-order valence-corrected chi connectivity index (χ2v) is 4.96. The van der Waals surface area contributed by atoms with Gasteiger partial charge in [-0.05, 0) is 49.6 Å². The molecule has 84 valence electrons. The number of nitriles is 1. The predicted octanol–water partition coefficient (Wildman–Crippen LogP) is 3.65. The normalized spacial score (nSPS) is 11.9. The number of hydrogen-bond donors (Lipinski definition) is 0. The van der Waals surface area contributed by atoms with E-state index in [9.17, 15) is 4.79 Å². The van der Waals surface area contributed by atoms with Crippen LogP contribution in [0.4, 0.5) is 0 Å². The van der Waals surface area contributed by atoms with Crippen LogP contribution in [0.3, 0.4) is 0 Å². The molecule has 3 heteroatoms. The molecule has 0 aliphatic carbocycles. The highest BCUT2D eigenvalue weighted by molar-refractivity contribution is 9.10. The van der Waals surface area contributed by atoms with Crippen molar-refractivity contribution in [1.82, 2.24) is 0 Å². The first-order valence-electron chi connectivity index (χ1n) is 5.11. The number of carbonyl (C=O) groups is 1. The van der Waals surface area contributed by atoms with Crippen molar-refractivity contribution in [2.75, 3.05) is 0 Å². The van der Waals surface area contributed by atoms with Crippen LogP contribution in [-0.2, 0) is 4.79 Å². The summed E-state index contributed by atoms with van der Waals surface area (Å²) in [5, 5.41) is 9.13. The van der Waals surface area contributed by atoms with E-state index in [4.69, 9.17) is 5.26 Å². The Bertz CT molecular complexity index is 436. The molecule has 0 saturated heterocycles. The van der Waals surface area contributed by atoms with Crippen molar-refractivity contribution in [3.05, 3.63) is 33.3 Å². The molecule has 0 N–H and O–H groups in total. The van der Waals surface area contributed by atoms with Crippen LogP contribution >= 0.6 is 15.9 Å². The molecule has 0 radical (unpaired) electrons. The molecule has 1 aromatic carbocycles. The van der Waals surface area contributed by atoms with Gasteiger partial charge in [0, 0.05) is 10.9 Å².